The van der Waals surface area contributed by atoms with Crippen molar-refractivity contribution >= 4 is 68.6 Å². The van der Waals surface area contributed by atoms with Crippen LogP contribution in [0.2, 0.25) is 10.0 Å². The van der Waals surface area contributed by atoms with E-state index >= 15 is 0 Å². The second-order valence-electron chi connectivity index (χ2n) is 8.16. The number of halogens is 3. The van der Waals surface area contributed by atoms with Gasteiger partial charge in [0.2, 0.25) is 0 Å². The molecule has 0 radical (unpaired) electrons. The van der Waals surface area contributed by atoms with E-state index in [0.29, 0.717) is 22.2 Å². The van der Waals surface area contributed by atoms with Crippen LogP contribution >= 0.6 is 45.8 Å². The Balaban J connectivity index is 1.64. The Bertz CT molecular complexity index is 1630. The lowest BCUT2D eigenvalue weighted by Gasteiger charge is -2.18. The maximum Gasteiger partial charge on any atom is 0.335 e. The highest BCUT2D eigenvalue weighted by atomic mass is 127. The van der Waals surface area contributed by atoms with E-state index < -0.39 is 29.2 Å². The molecule has 0 saturated carbocycles. The predicted octanol–water partition coefficient (Wildman–Crippen LogP) is 4.11. The van der Waals surface area contributed by atoms with Crippen molar-refractivity contribution in [2.24, 2.45) is 7.05 Å². The van der Waals surface area contributed by atoms with Gasteiger partial charge in [-0.2, -0.15) is 0 Å². The molecule has 1 atom stereocenters. The molecule has 0 aliphatic carbocycles. The number of benzene rings is 3. The van der Waals surface area contributed by atoms with E-state index in [1.165, 1.54) is 23.8 Å². The van der Waals surface area contributed by atoms with Crippen LogP contribution in [0, 0.1) is 3.57 Å². The predicted molar refractivity (Wildman–Crippen MR) is 151 cm³/mol. The quantitative estimate of drug-likeness (QED) is 0.250. The molecule has 3 aromatic carbocycles. The van der Waals surface area contributed by atoms with E-state index in [4.69, 9.17) is 27.9 Å². The summed E-state index contributed by atoms with van der Waals surface area (Å²) in [6, 6.07) is 15.5. The first-order chi connectivity index (χ1) is 17.6. The van der Waals surface area contributed by atoms with Crippen molar-refractivity contribution in [1.29, 1.82) is 0 Å². The third-order valence-electron chi connectivity index (χ3n) is 5.85. The number of carbonyl (C=O) groups excluding carboxylic acids is 2. The second kappa shape index (κ2) is 11.1. The number of nitrogens with zero attached hydrogens (tertiary/aromatic N) is 2. The van der Waals surface area contributed by atoms with Crippen LogP contribution in [-0.2, 0) is 23.0 Å². The molecule has 0 aliphatic heterocycles. The van der Waals surface area contributed by atoms with Crippen molar-refractivity contribution in [3.63, 3.8) is 0 Å². The summed E-state index contributed by atoms with van der Waals surface area (Å²) >= 11 is 14.4. The summed E-state index contributed by atoms with van der Waals surface area (Å²) in [6.45, 7) is 0. The monoisotopic (exact) mass is 651 g/mol. The van der Waals surface area contributed by atoms with Crippen LogP contribution in [0.5, 0.6) is 0 Å². The first-order valence-corrected chi connectivity index (χ1v) is 12.8. The number of aryl methyl sites for hydroxylation is 1. The van der Waals surface area contributed by atoms with E-state index in [0.717, 1.165) is 8.14 Å². The fourth-order valence-electron chi connectivity index (χ4n) is 3.96. The lowest BCUT2D eigenvalue weighted by atomic mass is 10.0. The molecule has 0 bridgehead atoms. The highest BCUT2D eigenvalue weighted by Crippen LogP contribution is 2.24. The molecular weight excluding hydrogens is 632 g/mol. The molecule has 11 heteroatoms. The van der Waals surface area contributed by atoms with Crippen molar-refractivity contribution in [2.45, 2.75) is 12.5 Å². The van der Waals surface area contributed by atoms with Gasteiger partial charge in [-0.15, -0.1) is 0 Å². The maximum atomic E-state index is 13.2. The summed E-state index contributed by atoms with van der Waals surface area (Å²) in [7, 11) is 2.83. The zero-order chi connectivity index (χ0) is 26.9. The number of aromatic nitrogens is 2. The molecule has 1 N–H and O–H groups in total. The number of amides is 1. The van der Waals surface area contributed by atoms with Crippen LogP contribution in [0.25, 0.3) is 16.6 Å². The van der Waals surface area contributed by atoms with E-state index in [1.807, 2.05) is 6.07 Å². The third kappa shape index (κ3) is 5.43. The van der Waals surface area contributed by atoms with Crippen molar-refractivity contribution in [1.82, 2.24) is 14.5 Å². The van der Waals surface area contributed by atoms with Gasteiger partial charge >= 0.3 is 11.7 Å². The largest absolute Gasteiger partial charge is 0.467 e. The molecule has 0 fully saturated rings. The number of ether oxygens (including phenoxy) is 1. The van der Waals surface area contributed by atoms with Crippen molar-refractivity contribution < 1.29 is 14.3 Å². The molecule has 190 valence electrons. The Morgan fingerprint density at radius 2 is 1.68 bits per heavy atom. The first-order valence-electron chi connectivity index (χ1n) is 11.0. The highest BCUT2D eigenvalue weighted by Gasteiger charge is 2.25. The highest BCUT2D eigenvalue weighted by molar-refractivity contribution is 14.1. The minimum Gasteiger partial charge on any atom is -0.467 e. The standard InChI is InChI=1S/C26H20Cl2IN3O5/c1-31-21-11-8-15(29)13-17(21)24(34)32(26(31)36)16-9-6-14(7-10-16)12-20(25(35)37-2)30-23(33)22-18(27)4-3-5-19(22)28/h3-11,13,20H,12H2,1-2H3,(H,30,33)/t20-/m0/s1. The second-order valence-corrected chi connectivity index (χ2v) is 10.2. The van der Waals surface area contributed by atoms with E-state index in [9.17, 15) is 19.2 Å². The van der Waals surface area contributed by atoms with Gasteiger partial charge in [-0.1, -0.05) is 41.4 Å². The van der Waals surface area contributed by atoms with Gasteiger partial charge in [-0.25, -0.2) is 14.2 Å². The van der Waals surface area contributed by atoms with Gasteiger partial charge in [0.05, 0.1) is 39.3 Å². The number of esters is 1. The number of hydrogen-bond acceptors (Lipinski definition) is 5. The van der Waals surface area contributed by atoms with Crippen LogP contribution in [0.15, 0.2) is 70.3 Å². The molecule has 1 amide bonds. The molecule has 0 unspecified atom stereocenters. The average molecular weight is 652 g/mol. The molecular formula is C26H20Cl2IN3O5. The molecule has 8 nitrogen and oxygen atoms in total. The molecule has 4 aromatic rings. The van der Waals surface area contributed by atoms with Gasteiger partial charge in [-0.3, -0.25) is 14.2 Å². The Morgan fingerprint density at radius 1 is 1.03 bits per heavy atom. The number of methoxy groups -OCH3 is 1. The molecule has 0 saturated heterocycles. The minimum absolute atomic E-state index is 0.0521. The van der Waals surface area contributed by atoms with Crippen LogP contribution < -0.4 is 16.6 Å². The van der Waals surface area contributed by atoms with Crippen molar-refractivity contribution in [3.05, 3.63) is 106 Å². The Kier molecular flexibility index (Phi) is 8.05. The van der Waals surface area contributed by atoms with E-state index in [2.05, 4.69) is 27.9 Å². The molecule has 4 rings (SSSR count). The third-order valence-corrected chi connectivity index (χ3v) is 7.15. The molecule has 37 heavy (non-hydrogen) atoms. The number of carbonyl (C=O) groups is 2. The minimum atomic E-state index is -1.03. The fourth-order valence-corrected chi connectivity index (χ4v) is 5.02. The van der Waals surface area contributed by atoms with E-state index in [1.54, 1.807) is 49.5 Å². The average Bonchev–Trinajstić information content (AvgIpc) is 2.87. The van der Waals surface area contributed by atoms with Crippen LogP contribution in [0.1, 0.15) is 15.9 Å². The molecule has 0 aliphatic rings. The summed E-state index contributed by atoms with van der Waals surface area (Å²) in [5.74, 6) is -1.28. The summed E-state index contributed by atoms with van der Waals surface area (Å²) < 4.78 is 8.25. The maximum absolute atomic E-state index is 13.2. The number of nitrogens with one attached hydrogen (secondary N) is 1. The Labute approximate surface area is 234 Å². The Morgan fingerprint density at radius 3 is 2.30 bits per heavy atom. The van der Waals surface area contributed by atoms with E-state index in [-0.39, 0.29) is 22.0 Å². The van der Waals surface area contributed by atoms with Gasteiger partial charge in [0.1, 0.15) is 6.04 Å². The summed E-state index contributed by atoms with van der Waals surface area (Å²) in [5.41, 5.74) is 0.708. The lowest BCUT2D eigenvalue weighted by Crippen LogP contribution is -2.43. The first kappa shape index (κ1) is 26.9. The number of hydrogen-bond donors (Lipinski definition) is 1. The van der Waals surface area contributed by atoms with Crippen LogP contribution in [0.4, 0.5) is 0 Å². The number of rotatable bonds is 6. The SMILES string of the molecule is COC(=O)[C@H](Cc1ccc(-n2c(=O)c3cc(I)ccc3n(C)c2=O)cc1)NC(=O)c1c(Cl)cccc1Cl. The normalized spacial score (nSPS) is 11.8. The summed E-state index contributed by atoms with van der Waals surface area (Å²) in [6.07, 6.45) is 0.0869. The summed E-state index contributed by atoms with van der Waals surface area (Å²) in [4.78, 5) is 51.4. The molecule has 1 aromatic heterocycles. The zero-order valence-electron chi connectivity index (χ0n) is 19.6. The topological polar surface area (TPSA) is 99.4 Å². The molecule has 1 heterocycles. The van der Waals surface area contributed by atoms with Gasteiger partial charge in [0, 0.05) is 17.0 Å². The van der Waals surface area contributed by atoms with Crippen molar-refractivity contribution in [2.75, 3.05) is 7.11 Å². The van der Waals surface area contributed by atoms with Gasteiger partial charge in [-0.05, 0) is 70.6 Å². The lowest BCUT2D eigenvalue weighted by molar-refractivity contribution is -0.142. The molecule has 0 spiro atoms. The van der Waals surface area contributed by atoms with Gasteiger partial charge < -0.3 is 10.1 Å². The van der Waals surface area contributed by atoms with Gasteiger partial charge in [0.25, 0.3) is 11.5 Å². The van der Waals surface area contributed by atoms with Gasteiger partial charge in [0.15, 0.2) is 0 Å². The summed E-state index contributed by atoms with van der Waals surface area (Å²) in [5, 5.41) is 3.34. The smallest absolute Gasteiger partial charge is 0.335 e. The Hall–Kier alpha value is -3.15. The number of fused-ring (bicyclic) bond motifs is 1. The fraction of sp³-hybridized carbons (Fsp3) is 0.154. The van der Waals surface area contributed by atoms with Crippen molar-refractivity contribution in [3.8, 4) is 5.69 Å². The van der Waals surface area contributed by atoms with Crippen LogP contribution in [0.3, 0.4) is 0 Å². The zero-order valence-corrected chi connectivity index (χ0v) is 23.3. The van der Waals surface area contributed by atoms with Crippen LogP contribution in [-0.4, -0.2) is 34.2 Å².